The Morgan fingerprint density at radius 2 is 1.41 bits per heavy atom. The molecule has 6 heterocycles. The van der Waals surface area contributed by atoms with E-state index in [0.717, 1.165) is 25.7 Å². The Bertz CT molecular complexity index is 1870. The fraction of sp³-hybridized carbons (Fsp3) is 0.114. The molecule has 41 heavy (non-hydrogen) atoms. The largest absolute Gasteiger partial charge is 0.249 e. The third kappa shape index (κ3) is 4.95. The van der Waals surface area contributed by atoms with E-state index in [4.69, 9.17) is 0 Å². The smallest absolute Gasteiger partial charge is 0.144 e. The number of allylic oxidation sites excluding steroid dienone is 8. The SMILES string of the molecule is C1=C(c2cccs2)SC2=C(/C=C/C=C3\CCc4c(-c5cccs5)cc(-c5cccs5)[s+]c43)CCC2=C1c1cccs1. The lowest BCUT2D eigenvalue weighted by molar-refractivity contribution is 1.03. The molecular weight excluding hydrogens is 613 g/mol. The fourth-order valence-corrected chi connectivity index (χ4v) is 11.6. The summed E-state index contributed by atoms with van der Waals surface area (Å²) < 4.78 is 0. The first-order chi connectivity index (χ1) is 20.3. The van der Waals surface area contributed by atoms with E-state index in [2.05, 4.69) is 100 Å². The van der Waals surface area contributed by atoms with Crippen LogP contribution in [0.15, 0.2) is 116 Å². The van der Waals surface area contributed by atoms with Crippen LogP contribution in [0.25, 0.3) is 36.2 Å². The summed E-state index contributed by atoms with van der Waals surface area (Å²) in [6, 6.07) is 20.2. The maximum absolute atomic E-state index is 2.43. The molecule has 200 valence electrons. The number of fused-ring (bicyclic) bond motifs is 2. The molecule has 0 bridgehead atoms. The molecule has 0 atom stereocenters. The van der Waals surface area contributed by atoms with Gasteiger partial charge < -0.3 is 0 Å². The molecule has 0 nitrogen and oxygen atoms in total. The molecule has 5 aromatic rings. The van der Waals surface area contributed by atoms with Crippen molar-refractivity contribution in [2.75, 3.05) is 0 Å². The minimum atomic E-state index is 1.11. The summed E-state index contributed by atoms with van der Waals surface area (Å²) in [7, 11) is 0. The van der Waals surface area contributed by atoms with Crippen LogP contribution in [0.3, 0.4) is 0 Å². The topological polar surface area (TPSA) is 0 Å². The lowest BCUT2D eigenvalue weighted by Crippen LogP contribution is -1.94. The van der Waals surface area contributed by atoms with Crippen LogP contribution in [0, 0.1) is 0 Å². The van der Waals surface area contributed by atoms with E-state index in [-0.39, 0.29) is 0 Å². The van der Waals surface area contributed by atoms with Crippen molar-refractivity contribution in [1.29, 1.82) is 0 Å². The zero-order valence-electron chi connectivity index (χ0n) is 22.1. The van der Waals surface area contributed by atoms with Crippen molar-refractivity contribution in [3.05, 3.63) is 137 Å². The molecule has 0 saturated carbocycles. The van der Waals surface area contributed by atoms with E-state index in [0.29, 0.717) is 0 Å². The average Bonchev–Trinajstić information content (AvgIpc) is 3.85. The molecule has 0 amide bonds. The molecule has 2 aliphatic carbocycles. The molecule has 0 aromatic carbocycles. The summed E-state index contributed by atoms with van der Waals surface area (Å²) in [5, 5.41) is 8.77. The van der Waals surface area contributed by atoms with Crippen LogP contribution in [0.5, 0.6) is 0 Å². The van der Waals surface area contributed by atoms with Crippen molar-refractivity contribution in [2.24, 2.45) is 0 Å². The summed E-state index contributed by atoms with van der Waals surface area (Å²) in [4.78, 5) is 11.2. The van der Waals surface area contributed by atoms with Gasteiger partial charge in [0.15, 0.2) is 0 Å². The highest BCUT2D eigenvalue weighted by atomic mass is 32.2. The first-order valence-corrected chi connectivity index (χ1v) is 18.9. The zero-order chi connectivity index (χ0) is 27.2. The zero-order valence-corrected chi connectivity index (χ0v) is 27.0. The summed E-state index contributed by atoms with van der Waals surface area (Å²) in [5.41, 5.74) is 8.86. The second kappa shape index (κ2) is 11.3. The van der Waals surface area contributed by atoms with Gasteiger partial charge in [-0.2, -0.15) is 0 Å². The Kier molecular flexibility index (Phi) is 7.16. The van der Waals surface area contributed by atoms with Crippen LogP contribution in [0.4, 0.5) is 0 Å². The average molecular weight is 638 g/mol. The van der Waals surface area contributed by atoms with Crippen molar-refractivity contribution in [3.63, 3.8) is 0 Å². The van der Waals surface area contributed by atoms with Gasteiger partial charge in [-0.05, 0) is 94.3 Å². The predicted molar refractivity (Wildman–Crippen MR) is 188 cm³/mol. The first-order valence-electron chi connectivity index (χ1n) is 13.7. The van der Waals surface area contributed by atoms with Crippen LogP contribution in [-0.4, -0.2) is 0 Å². The van der Waals surface area contributed by atoms with Gasteiger partial charge in [0, 0.05) is 47.2 Å². The van der Waals surface area contributed by atoms with Gasteiger partial charge in [-0.1, -0.05) is 54.3 Å². The highest BCUT2D eigenvalue weighted by molar-refractivity contribution is 8.12. The van der Waals surface area contributed by atoms with E-state index in [1.807, 2.05) is 68.4 Å². The molecule has 0 saturated heterocycles. The van der Waals surface area contributed by atoms with Gasteiger partial charge in [-0.15, -0.1) is 45.3 Å². The standard InChI is InChI=1S/C35H25S6/c1(6-22-12-14-24-26(28-8-2-16-36-28)20-32(40-34(22)24)30-10-4-18-38-30)7-23-13-15-25-27(29-9-3-17-37-29)21-33(41-35(23)25)31-11-5-19-39-31/h1-11,16-21H,12-15H2/q+1. The summed E-state index contributed by atoms with van der Waals surface area (Å²) in [6.45, 7) is 0. The molecule has 0 radical (unpaired) electrons. The number of thiophene rings is 4. The normalized spacial score (nSPS) is 17.7. The molecule has 6 heteroatoms. The van der Waals surface area contributed by atoms with Crippen LogP contribution in [0.2, 0.25) is 0 Å². The summed E-state index contributed by atoms with van der Waals surface area (Å²) in [5.74, 6) is 0. The Labute approximate surface area is 265 Å². The van der Waals surface area contributed by atoms with E-state index in [9.17, 15) is 0 Å². The lowest BCUT2D eigenvalue weighted by Gasteiger charge is -2.19. The van der Waals surface area contributed by atoms with Crippen LogP contribution < -0.4 is 0 Å². The van der Waals surface area contributed by atoms with Gasteiger partial charge in [-0.3, -0.25) is 0 Å². The second-order valence-corrected chi connectivity index (χ2v) is 16.0. The van der Waals surface area contributed by atoms with Gasteiger partial charge in [-0.25, -0.2) is 0 Å². The van der Waals surface area contributed by atoms with Crippen LogP contribution in [0.1, 0.15) is 39.5 Å². The minimum absolute atomic E-state index is 1.11. The Hall–Kier alpha value is -2.58. The number of thioether (sulfide) groups is 1. The molecule has 8 rings (SSSR count). The molecule has 5 aromatic heterocycles. The van der Waals surface area contributed by atoms with Crippen molar-refractivity contribution in [1.82, 2.24) is 0 Å². The third-order valence-electron chi connectivity index (χ3n) is 7.74. The van der Waals surface area contributed by atoms with E-state index in [1.54, 1.807) is 0 Å². The number of hydrogen-bond acceptors (Lipinski definition) is 5. The van der Waals surface area contributed by atoms with E-state index in [1.165, 1.54) is 72.5 Å². The van der Waals surface area contributed by atoms with Crippen molar-refractivity contribution >= 4 is 84.5 Å². The highest BCUT2D eigenvalue weighted by Crippen LogP contribution is 2.54. The molecule has 3 aliphatic rings. The molecule has 1 aliphatic heterocycles. The molecule has 0 spiro atoms. The minimum Gasteiger partial charge on any atom is -0.144 e. The maximum Gasteiger partial charge on any atom is 0.249 e. The lowest BCUT2D eigenvalue weighted by atomic mass is 10.0. The summed E-state index contributed by atoms with van der Waals surface area (Å²) in [6.07, 6.45) is 14.0. The molecule has 0 fully saturated rings. The van der Waals surface area contributed by atoms with Gasteiger partial charge in [0.1, 0.15) is 0 Å². The molecule has 0 N–H and O–H groups in total. The van der Waals surface area contributed by atoms with Crippen LogP contribution in [-0.2, 0) is 6.42 Å². The number of rotatable bonds is 6. The number of hydrogen-bond donors (Lipinski definition) is 0. The second-order valence-electron chi connectivity index (χ2n) is 10.1. The Morgan fingerprint density at radius 1 is 0.707 bits per heavy atom. The maximum atomic E-state index is 2.43. The monoisotopic (exact) mass is 637 g/mol. The fourth-order valence-electron chi connectivity index (χ4n) is 5.83. The van der Waals surface area contributed by atoms with Gasteiger partial charge in [0.25, 0.3) is 0 Å². The van der Waals surface area contributed by atoms with Crippen molar-refractivity contribution in [2.45, 2.75) is 25.7 Å². The van der Waals surface area contributed by atoms with Crippen molar-refractivity contribution < 1.29 is 0 Å². The van der Waals surface area contributed by atoms with Crippen LogP contribution >= 0.6 is 68.4 Å². The molecular formula is C35H25S6+. The quantitative estimate of drug-likeness (QED) is 0.167. The third-order valence-corrected chi connectivity index (χ3v) is 14.2. The van der Waals surface area contributed by atoms with E-state index >= 15 is 0 Å². The van der Waals surface area contributed by atoms with Crippen molar-refractivity contribution in [3.8, 4) is 20.2 Å². The summed E-state index contributed by atoms with van der Waals surface area (Å²) >= 11 is 11.3. The predicted octanol–water partition coefficient (Wildman–Crippen LogP) is 12.8. The van der Waals surface area contributed by atoms with Gasteiger partial charge >= 0.3 is 0 Å². The Balaban J connectivity index is 1.16. The molecule has 0 unspecified atom stereocenters. The van der Waals surface area contributed by atoms with E-state index < -0.39 is 0 Å². The highest BCUT2D eigenvalue weighted by Gasteiger charge is 2.32. The first kappa shape index (κ1) is 26.1. The van der Waals surface area contributed by atoms with Gasteiger partial charge in [0.05, 0.1) is 4.88 Å². The van der Waals surface area contributed by atoms with Gasteiger partial charge in [0.2, 0.25) is 21.1 Å². The Morgan fingerprint density at radius 3 is 2.15 bits per heavy atom.